The third-order valence-corrected chi connectivity index (χ3v) is 7.08. The van der Waals surface area contributed by atoms with Crippen molar-refractivity contribution in [1.29, 1.82) is 0 Å². The van der Waals surface area contributed by atoms with Crippen LogP contribution < -0.4 is 0 Å². The summed E-state index contributed by atoms with van der Waals surface area (Å²) in [5.41, 5.74) is 0.620. The molecule has 0 aliphatic heterocycles. The molecule has 2 saturated carbocycles. The van der Waals surface area contributed by atoms with Crippen LogP contribution in [0, 0.1) is 0 Å². The van der Waals surface area contributed by atoms with Gasteiger partial charge in [0.05, 0.1) is 17.7 Å². The Hall–Kier alpha value is -1.73. The first-order valence-corrected chi connectivity index (χ1v) is 12.1. The molecule has 0 saturated heterocycles. The van der Waals surface area contributed by atoms with Crippen LogP contribution in [0.4, 0.5) is 26.3 Å². The maximum Gasteiger partial charge on any atom is 0.416 e. The number of alkyl halides is 7. The molecule has 2 aromatic rings. The van der Waals surface area contributed by atoms with E-state index >= 15 is 0 Å². The van der Waals surface area contributed by atoms with E-state index in [-0.39, 0.29) is 24.3 Å². The van der Waals surface area contributed by atoms with Crippen LogP contribution in [0.25, 0.3) is 0 Å². The molecular weight excluding hydrogens is 478 g/mol. The molecule has 0 atom stereocenters. The van der Waals surface area contributed by atoms with Crippen LogP contribution in [0.3, 0.4) is 0 Å². The zero-order valence-electron chi connectivity index (χ0n) is 18.8. The summed E-state index contributed by atoms with van der Waals surface area (Å²) >= 11 is 5.59. The second-order valence-corrected chi connectivity index (χ2v) is 9.36. The molecule has 1 nitrogen and oxygen atoms in total. The van der Waals surface area contributed by atoms with Crippen molar-refractivity contribution in [2.75, 3.05) is 0 Å². The summed E-state index contributed by atoms with van der Waals surface area (Å²) in [7, 11) is 0. The van der Waals surface area contributed by atoms with Crippen molar-refractivity contribution >= 4 is 11.6 Å². The molecule has 0 amide bonds. The first-order valence-electron chi connectivity index (χ1n) is 11.6. The number of aliphatic hydroxyl groups is 1. The molecule has 8 heteroatoms. The van der Waals surface area contributed by atoms with Gasteiger partial charge in [-0.25, -0.2) is 0 Å². The summed E-state index contributed by atoms with van der Waals surface area (Å²) in [4.78, 5) is 0. The third-order valence-electron chi connectivity index (χ3n) is 6.77. The number of rotatable bonds is 4. The minimum Gasteiger partial charge on any atom is -0.392 e. The molecule has 2 aliphatic rings. The van der Waals surface area contributed by atoms with Crippen LogP contribution in [0.1, 0.15) is 96.6 Å². The van der Waals surface area contributed by atoms with Gasteiger partial charge in [0.15, 0.2) is 0 Å². The van der Waals surface area contributed by atoms with Gasteiger partial charge in [0.2, 0.25) is 0 Å². The maximum atomic E-state index is 13.0. The fraction of sp³-hybridized carbons (Fsp3) is 0.538. The largest absolute Gasteiger partial charge is 0.416 e. The molecule has 2 aromatic carbocycles. The lowest BCUT2D eigenvalue weighted by molar-refractivity contribution is -0.139. The number of hydrogen-bond donors (Lipinski definition) is 1. The standard InChI is InChI=1S/C13H14ClF3.C13H15F3O/c14-8-9-5-6-11(10-3-1-2-4-10)12(7-9)13(15,16)17;14-13(15,16)12-7-9(8-17)5-6-11(12)10-3-1-2-4-10/h5-7,10H,1-4,8H2;5-7,10,17H,1-4,8H2. The molecule has 4 rings (SSSR count). The van der Waals surface area contributed by atoms with Gasteiger partial charge < -0.3 is 5.11 Å². The molecule has 34 heavy (non-hydrogen) atoms. The topological polar surface area (TPSA) is 20.2 Å². The van der Waals surface area contributed by atoms with Crippen molar-refractivity contribution < 1.29 is 31.4 Å². The van der Waals surface area contributed by atoms with E-state index in [2.05, 4.69) is 0 Å². The number of halogens is 7. The van der Waals surface area contributed by atoms with Crippen LogP contribution in [0.5, 0.6) is 0 Å². The predicted octanol–water partition coefficient (Wildman–Crippen LogP) is 8.96. The van der Waals surface area contributed by atoms with E-state index in [1.54, 1.807) is 18.2 Å². The van der Waals surface area contributed by atoms with Crippen molar-refractivity contribution in [2.24, 2.45) is 0 Å². The summed E-state index contributed by atoms with van der Waals surface area (Å²) < 4.78 is 77.7. The summed E-state index contributed by atoms with van der Waals surface area (Å²) in [6.45, 7) is -0.353. The lowest BCUT2D eigenvalue weighted by atomic mass is 9.91. The monoisotopic (exact) mass is 506 g/mol. The Kier molecular flexibility index (Phi) is 8.96. The van der Waals surface area contributed by atoms with Gasteiger partial charge in [-0.2, -0.15) is 26.3 Å². The van der Waals surface area contributed by atoms with E-state index in [1.807, 2.05) is 0 Å². The van der Waals surface area contributed by atoms with Gasteiger partial charge >= 0.3 is 12.4 Å². The highest BCUT2D eigenvalue weighted by Gasteiger charge is 2.37. The average Bonchev–Trinajstić information content (AvgIpc) is 3.52. The van der Waals surface area contributed by atoms with Crippen molar-refractivity contribution in [3.8, 4) is 0 Å². The molecule has 0 bridgehead atoms. The van der Waals surface area contributed by atoms with Crippen molar-refractivity contribution in [1.82, 2.24) is 0 Å². The lowest BCUT2D eigenvalue weighted by Gasteiger charge is -2.18. The molecular formula is C26H29ClF6O. The molecule has 0 heterocycles. The van der Waals surface area contributed by atoms with E-state index in [0.717, 1.165) is 57.4 Å². The zero-order valence-corrected chi connectivity index (χ0v) is 19.5. The minimum absolute atomic E-state index is 0.0272. The fourth-order valence-corrected chi connectivity index (χ4v) is 5.23. The van der Waals surface area contributed by atoms with Crippen molar-refractivity contribution in [3.63, 3.8) is 0 Å². The van der Waals surface area contributed by atoms with E-state index in [9.17, 15) is 26.3 Å². The Labute approximate surface area is 201 Å². The second-order valence-electron chi connectivity index (χ2n) is 9.09. The molecule has 0 spiro atoms. The summed E-state index contributed by atoms with van der Waals surface area (Å²) in [6, 6.07) is 8.70. The SMILES string of the molecule is FC(F)(F)c1cc(CCl)ccc1C1CCCC1.OCc1ccc(C2CCCC2)c(C(F)(F)F)c1. The van der Waals surface area contributed by atoms with Crippen LogP contribution in [0.2, 0.25) is 0 Å². The van der Waals surface area contributed by atoms with E-state index in [4.69, 9.17) is 16.7 Å². The Morgan fingerprint density at radius 2 is 1.06 bits per heavy atom. The quantitative estimate of drug-likeness (QED) is 0.324. The van der Waals surface area contributed by atoms with E-state index < -0.39 is 23.5 Å². The van der Waals surface area contributed by atoms with Crippen molar-refractivity contribution in [2.45, 2.75) is 88.0 Å². The van der Waals surface area contributed by atoms with Gasteiger partial charge in [0, 0.05) is 5.88 Å². The fourth-order valence-electron chi connectivity index (χ4n) is 5.06. The first-order chi connectivity index (χ1) is 16.0. The summed E-state index contributed by atoms with van der Waals surface area (Å²) in [5, 5.41) is 8.92. The Bertz CT molecular complexity index is 864. The third kappa shape index (κ3) is 6.69. The number of aliphatic hydroxyl groups excluding tert-OH is 1. The molecule has 188 valence electrons. The molecule has 0 radical (unpaired) electrons. The first kappa shape index (κ1) is 26.9. The van der Waals surface area contributed by atoms with Gasteiger partial charge in [0.1, 0.15) is 0 Å². The van der Waals surface area contributed by atoms with Gasteiger partial charge in [-0.3, -0.25) is 0 Å². The van der Waals surface area contributed by atoms with E-state index in [1.165, 1.54) is 12.1 Å². The second kappa shape index (κ2) is 11.3. The van der Waals surface area contributed by atoms with Crippen LogP contribution in [-0.2, 0) is 24.8 Å². The Balaban J connectivity index is 0.000000191. The number of hydrogen-bond acceptors (Lipinski definition) is 1. The average molecular weight is 507 g/mol. The maximum absolute atomic E-state index is 13.0. The lowest BCUT2D eigenvalue weighted by Crippen LogP contribution is -2.12. The highest BCUT2D eigenvalue weighted by Crippen LogP contribution is 2.43. The van der Waals surface area contributed by atoms with Gasteiger partial charge in [0.25, 0.3) is 0 Å². The van der Waals surface area contributed by atoms with Crippen LogP contribution in [0.15, 0.2) is 36.4 Å². The minimum atomic E-state index is -4.33. The number of benzene rings is 2. The highest BCUT2D eigenvalue weighted by atomic mass is 35.5. The molecule has 2 fully saturated rings. The summed E-state index contributed by atoms with van der Waals surface area (Å²) in [6.07, 6.45) is -1.15. The molecule has 1 N–H and O–H groups in total. The van der Waals surface area contributed by atoms with E-state index in [0.29, 0.717) is 22.3 Å². The van der Waals surface area contributed by atoms with Crippen LogP contribution >= 0.6 is 11.6 Å². The van der Waals surface area contributed by atoms with Gasteiger partial charge in [-0.05, 0) is 71.9 Å². The van der Waals surface area contributed by atoms with Crippen molar-refractivity contribution in [3.05, 3.63) is 69.8 Å². The molecule has 2 aliphatic carbocycles. The highest BCUT2D eigenvalue weighted by molar-refractivity contribution is 6.17. The predicted molar refractivity (Wildman–Crippen MR) is 121 cm³/mol. The van der Waals surface area contributed by atoms with Crippen LogP contribution in [-0.4, -0.2) is 5.11 Å². The Morgan fingerprint density at radius 3 is 1.41 bits per heavy atom. The summed E-state index contributed by atoms with van der Waals surface area (Å²) in [5.74, 6) is 0.212. The molecule has 0 unspecified atom stereocenters. The smallest absolute Gasteiger partial charge is 0.392 e. The van der Waals surface area contributed by atoms with Gasteiger partial charge in [-0.15, -0.1) is 11.6 Å². The van der Waals surface area contributed by atoms with Gasteiger partial charge in [-0.1, -0.05) is 49.9 Å². The Morgan fingerprint density at radius 1 is 0.676 bits per heavy atom. The molecule has 0 aromatic heterocycles. The normalized spacial score (nSPS) is 17.6. The zero-order chi connectivity index (χ0) is 24.9.